The molecule has 3 N–H and O–H groups in total. The van der Waals surface area contributed by atoms with Gasteiger partial charge in [0.2, 0.25) is 0 Å². The largest absolute Gasteiger partial charge is 0.467 e. The molecule has 0 radical (unpaired) electrons. The number of fused-ring (bicyclic) bond motifs is 2. The minimum absolute atomic E-state index is 0.293. The van der Waals surface area contributed by atoms with Crippen LogP contribution in [0.3, 0.4) is 0 Å². The Hall–Kier alpha value is -4.13. The summed E-state index contributed by atoms with van der Waals surface area (Å²) in [6.07, 6.45) is 1.60. The van der Waals surface area contributed by atoms with Crippen molar-refractivity contribution in [1.82, 2.24) is 14.5 Å². The number of amides is 1. The van der Waals surface area contributed by atoms with Crippen LogP contribution in [0.4, 0.5) is 11.5 Å². The molecule has 0 aliphatic rings. The van der Waals surface area contributed by atoms with Gasteiger partial charge in [-0.05, 0) is 48.9 Å². The average molecular weight is 397 g/mol. The van der Waals surface area contributed by atoms with Crippen LogP contribution < -0.4 is 11.1 Å². The van der Waals surface area contributed by atoms with E-state index in [2.05, 4.69) is 5.32 Å². The monoisotopic (exact) mass is 397 g/mol. The molecule has 2 aromatic carbocycles. The summed E-state index contributed by atoms with van der Waals surface area (Å²) in [6.45, 7) is 2.32. The normalized spacial score (nSPS) is 11.2. The summed E-state index contributed by atoms with van der Waals surface area (Å²) in [6, 6.07) is 18.8. The lowest BCUT2D eigenvalue weighted by atomic mass is 10.2. The minimum Gasteiger partial charge on any atom is -0.467 e. The predicted molar refractivity (Wildman–Crippen MR) is 116 cm³/mol. The van der Waals surface area contributed by atoms with Crippen LogP contribution in [0, 0.1) is 6.92 Å². The maximum atomic E-state index is 13.2. The van der Waals surface area contributed by atoms with E-state index in [4.69, 9.17) is 20.1 Å². The molecule has 7 heteroatoms. The average Bonchev–Trinajstić information content (AvgIpc) is 3.33. The molecule has 0 saturated carbocycles. The first-order valence-electron chi connectivity index (χ1n) is 9.55. The summed E-state index contributed by atoms with van der Waals surface area (Å²) in [5, 5.41) is 2.93. The molecule has 3 heterocycles. The van der Waals surface area contributed by atoms with Crippen molar-refractivity contribution >= 4 is 39.6 Å². The van der Waals surface area contributed by atoms with Gasteiger partial charge in [-0.25, -0.2) is 9.97 Å². The van der Waals surface area contributed by atoms with E-state index in [0.717, 1.165) is 11.1 Å². The fourth-order valence-corrected chi connectivity index (χ4v) is 3.58. The van der Waals surface area contributed by atoms with Crippen molar-refractivity contribution in [3.05, 3.63) is 83.8 Å². The minimum atomic E-state index is -0.328. The number of para-hydroxylation sites is 2. The fourth-order valence-electron chi connectivity index (χ4n) is 3.58. The highest BCUT2D eigenvalue weighted by atomic mass is 16.3. The van der Waals surface area contributed by atoms with E-state index >= 15 is 0 Å². The SMILES string of the molecule is Cc1cccc(NC(=O)c2c(N)n(Cc3ccco3)c3nc4ccccc4nc23)c1. The number of nitrogens with one attached hydrogen (secondary N) is 1. The molecular weight excluding hydrogens is 378 g/mol. The van der Waals surface area contributed by atoms with Gasteiger partial charge in [0.1, 0.15) is 22.7 Å². The van der Waals surface area contributed by atoms with Crippen molar-refractivity contribution in [3.63, 3.8) is 0 Å². The maximum absolute atomic E-state index is 13.2. The summed E-state index contributed by atoms with van der Waals surface area (Å²) in [7, 11) is 0. The highest BCUT2D eigenvalue weighted by Gasteiger charge is 2.24. The summed E-state index contributed by atoms with van der Waals surface area (Å²) in [5.41, 5.74) is 10.9. The van der Waals surface area contributed by atoms with E-state index in [-0.39, 0.29) is 5.91 Å². The molecule has 30 heavy (non-hydrogen) atoms. The first kappa shape index (κ1) is 17.9. The molecule has 5 rings (SSSR count). The molecule has 0 unspecified atom stereocenters. The van der Waals surface area contributed by atoms with Crippen LogP contribution in [-0.2, 0) is 6.54 Å². The third-order valence-corrected chi connectivity index (χ3v) is 4.99. The number of nitrogens with zero attached hydrogens (tertiary/aromatic N) is 3. The lowest BCUT2D eigenvalue weighted by Crippen LogP contribution is -2.15. The highest BCUT2D eigenvalue weighted by molar-refractivity contribution is 6.16. The van der Waals surface area contributed by atoms with Crippen LogP contribution in [0.25, 0.3) is 22.2 Å². The quantitative estimate of drug-likeness (QED) is 0.469. The molecule has 3 aromatic heterocycles. The number of anilines is 2. The molecule has 5 aromatic rings. The molecule has 1 amide bonds. The molecule has 0 aliphatic heterocycles. The van der Waals surface area contributed by atoms with E-state index < -0.39 is 0 Å². The highest BCUT2D eigenvalue weighted by Crippen LogP contribution is 2.29. The smallest absolute Gasteiger partial charge is 0.261 e. The summed E-state index contributed by atoms with van der Waals surface area (Å²) in [5.74, 6) is 0.673. The van der Waals surface area contributed by atoms with Gasteiger partial charge in [-0.3, -0.25) is 4.79 Å². The number of hydrogen-bond acceptors (Lipinski definition) is 5. The number of nitrogens with two attached hydrogens (primary N) is 1. The first-order valence-corrected chi connectivity index (χ1v) is 9.55. The molecule has 0 atom stereocenters. The van der Waals surface area contributed by atoms with E-state index in [1.807, 2.05) is 67.6 Å². The Labute approximate surface area is 172 Å². The molecule has 0 saturated heterocycles. The molecule has 7 nitrogen and oxygen atoms in total. The van der Waals surface area contributed by atoms with Crippen LogP contribution in [0.5, 0.6) is 0 Å². The number of aromatic nitrogens is 3. The topological polar surface area (TPSA) is 99.0 Å². The van der Waals surface area contributed by atoms with Crippen molar-refractivity contribution in [2.45, 2.75) is 13.5 Å². The second kappa shape index (κ2) is 7.04. The lowest BCUT2D eigenvalue weighted by molar-refractivity contribution is 0.102. The third-order valence-electron chi connectivity index (χ3n) is 4.99. The number of rotatable bonds is 4. The Kier molecular flexibility index (Phi) is 4.21. The van der Waals surface area contributed by atoms with Gasteiger partial charge in [0, 0.05) is 5.69 Å². The lowest BCUT2D eigenvalue weighted by Gasteiger charge is -2.07. The third kappa shape index (κ3) is 3.06. The van der Waals surface area contributed by atoms with Crippen molar-refractivity contribution in [3.8, 4) is 0 Å². The Bertz CT molecular complexity index is 1390. The van der Waals surface area contributed by atoms with Gasteiger partial charge in [-0.1, -0.05) is 24.3 Å². The maximum Gasteiger partial charge on any atom is 0.261 e. The Morgan fingerprint density at radius 3 is 2.60 bits per heavy atom. The standard InChI is InChI=1S/C23H19N5O2/c1-14-6-4-7-15(12-14)25-23(29)19-20-22(27-18-10-3-2-9-17(18)26-20)28(21(19)24)13-16-8-5-11-30-16/h2-12H,13,24H2,1H3,(H,25,29). The number of nitrogen functional groups attached to an aromatic ring is 1. The van der Waals surface area contributed by atoms with Gasteiger partial charge in [0.05, 0.1) is 23.8 Å². The van der Waals surface area contributed by atoms with Gasteiger partial charge in [-0.15, -0.1) is 0 Å². The van der Waals surface area contributed by atoms with E-state index in [1.165, 1.54) is 0 Å². The van der Waals surface area contributed by atoms with Crippen LogP contribution in [0.1, 0.15) is 21.7 Å². The van der Waals surface area contributed by atoms with Crippen molar-refractivity contribution in [2.75, 3.05) is 11.1 Å². The van der Waals surface area contributed by atoms with E-state index in [1.54, 1.807) is 10.8 Å². The van der Waals surface area contributed by atoms with Crippen molar-refractivity contribution < 1.29 is 9.21 Å². The second-order valence-corrected chi connectivity index (χ2v) is 7.13. The predicted octanol–water partition coefficient (Wildman–Crippen LogP) is 4.37. The summed E-state index contributed by atoms with van der Waals surface area (Å²) >= 11 is 0. The first-order chi connectivity index (χ1) is 14.6. The molecule has 0 fully saturated rings. The second-order valence-electron chi connectivity index (χ2n) is 7.13. The number of benzene rings is 2. The summed E-state index contributed by atoms with van der Waals surface area (Å²) < 4.78 is 7.24. The van der Waals surface area contributed by atoms with Gasteiger partial charge >= 0.3 is 0 Å². The molecular formula is C23H19N5O2. The number of hydrogen-bond donors (Lipinski definition) is 2. The van der Waals surface area contributed by atoms with E-state index in [9.17, 15) is 4.79 Å². The zero-order valence-electron chi connectivity index (χ0n) is 16.3. The molecule has 0 aliphatic carbocycles. The molecule has 0 bridgehead atoms. The van der Waals surface area contributed by atoms with Crippen LogP contribution in [0.15, 0.2) is 71.3 Å². The van der Waals surface area contributed by atoms with Crippen LogP contribution in [0.2, 0.25) is 0 Å². The molecule has 0 spiro atoms. The zero-order valence-corrected chi connectivity index (χ0v) is 16.3. The Morgan fingerprint density at radius 1 is 1.07 bits per heavy atom. The fraction of sp³-hybridized carbons (Fsp3) is 0.0870. The van der Waals surface area contributed by atoms with Gasteiger partial charge < -0.3 is 20.0 Å². The number of aryl methyl sites for hydroxylation is 1. The Balaban J connectivity index is 1.68. The summed E-state index contributed by atoms with van der Waals surface area (Å²) in [4.78, 5) is 22.7. The Morgan fingerprint density at radius 2 is 1.87 bits per heavy atom. The van der Waals surface area contributed by atoms with Gasteiger partial charge in [0.15, 0.2) is 5.65 Å². The number of carbonyl (C=O) groups excluding carboxylic acids is 1. The molecule has 148 valence electrons. The van der Waals surface area contributed by atoms with Crippen molar-refractivity contribution in [1.29, 1.82) is 0 Å². The van der Waals surface area contributed by atoms with Gasteiger partial charge in [-0.2, -0.15) is 0 Å². The van der Waals surface area contributed by atoms with E-state index in [0.29, 0.717) is 46.1 Å². The van der Waals surface area contributed by atoms with Crippen LogP contribution >= 0.6 is 0 Å². The van der Waals surface area contributed by atoms with Crippen molar-refractivity contribution in [2.24, 2.45) is 0 Å². The van der Waals surface area contributed by atoms with Gasteiger partial charge in [0.25, 0.3) is 5.91 Å². The zero-order chi connectivity index (χ0) is 20.7. The number of carbonyl (C=O) groups is 1. The van der Waals surface area contributed by atoms with Crippen LogP contribution in [-0.4, -0.2) is 20.4 Å². The number of furan rings is 1.